The van der Waals surface area contributed by atoms with Crippen LogP contribution in [-0.2, 0) is 4.79 Å². The molecule has 5 heteroatoms. The predicted octanol–water partition coefficient (Wildman–Crippen LogP) is 2.56. The van der Waals surface area contributed by atoms with Crippen LogP contribution in [0.5, 0.6) is 0 Å². The van der Waals surface area contributed by atoms with Gasteiger partial charge in [-0.1, -0.05) is 33.3 Å². The maximum Gasteiger partial charge on any atom is 0.251 e. The molecule has 1 fully saturated rings. The summed E-state index contributed by atoms with van der Waals surface area (Å²) in [6.07, 6.45) is 2.46. The van der Waals surface area contributed by atoms with Crippen molar-refractivity contribution >= 4 is 17.5 Å². The van der Waals surface area contributed by atoms with Crippen molar-refractivity contribution < 1.29 is 14.7 Å². The zero-order chi connectivity index (χ0) is 17.0. The van der Waals surface area contributed by atoms with Gasteiger partial charge in [-0.05, 0) is 31.0 Å². The van der Waals surface area contributed by atoms with Crippen LogP contribution in [0.25, 0.3) is 0 Å². The van der Waals surface area contributed by atoms with E-state index in [4.69, 9.17) is 0 Å². The lowest BCUT2D eigenvalue weighted by Crippen LogP contribution is -2.32. The minimum absolute atomic E-state index is 0.0934. The van der Waals surface area contributed by atoms with Crippen LogP contribution in [0.2, 0.25) is 0 Å². The van der Waals surface area contributed by atoms with E-state index in [0.717, 1.165) is 19.3 Å². The second kappa shape index (κ2) is 7.13. The Morgan fingerprint density at radius 2 is 2.00 bits per heavy atom. The Balaban J connectivity index is 1.96. The Kier molecular flexibility index (Phi) is 5.42. The van der Waals surface area contributed by atoms with Gasteiger partial charge >= 0.3 is 0 Å². The van der Waals surface area contributed by atoms with Crippen molar-refractivity contribution in [3.8, 4) is 0 Å². The normalized spacial score (nSPS) is 21.0. The first kappa shape index (κ1) is 17.5. The first-order valence-electron chi connectivity index (χ1n) is 8.15. The van der Waals surface area contributed by atoms with Crippen LogP contribution in [0.4, 0.5) is 5.69 Å². The molecule has 1 aromatic carbocycles. The molecular weight excluding hydrogens is 292 g/mol. The fourth-order valence-electron chi connectivity index (χ4n) is 2.64. The van der Waals surface area contributed by atoms with Crippen molar-refractivity contribution in [3.63, 3.8) is 0 Å². The van der Waals surface area contributed by atoms with Gasteiger partial charge in [0.05, 0.1) is 6.10 Å². The number of benzene rings is 1. The monoisotopic (exact) mass is 318 g/mol. The molecule has 2 atom stereocenters. The highest BCUT2D eigenvalue weighted by molar-refractivity contribution is 5.98. The second-order valence-electron chi connectivity index (χ2n) is 7.25. The molecule has 1 aliphatic rings. The molecule has 23 heavy (non-hydrogen) atoms. The van der Waals surface area contributed by atoms with Gasteiger partial charge < -0.3 is 15.7 Å². The minimum Gasteiger partial charge on any atom is -0.393 e. The molecule has 0 radical (unpaired) electrons. The standard InChI is InChI=1S/C18H26N2O3/c1-18(2,3)17(23)20-14-8-4-6-12(10-14)16(22)19-11-13-7-5-9-15(13)21/h4,6,8,10,13,15,21H,5,7,9,11H2,1-3H3,(H,19,22)(H,20,23). The quantitative estimate of drug-likeness (QED) is 0.798. The van der Waals surface area contributed by atoms with Gasteiger partial charge in [-0.2, -0.15) is 0 Å². The third kappa shape index (κ3) is 4.79. The molecule has 0 aromatic heterocycles. The number of carbonyl (C=O) groups is 2. The highest BCUT2D eigenvalue weighted by Gasteiger charge is 2.25. The molecule has 2 rings (SSSR count). The number of aliphatic hydroxyl groups is 1. The van der Waals surface area contributed by atoms with Gasteiger partial charge in [0.1, 0.15) is 0 Å². The zero-order valence-corrected chi connectivity index (χ0v) is 14.1. The van der Waals surface area contributed by atoms with Crippen LogP contribution in [0.3, 0.4) is 0 Å². The van der Waals surface area contributed by atoms with Crippen molar-refractivity contribution in [2.45, 2.75) is 46.1 Å². The fraction of sp³-hybridized carbons (Fsp3) is 0.556. The average molecular weight is 318 g/mol. The number of hydrogen-bond donors (Lipinski definition) is 3. The molecule has 5 nitrogen and oxygen atoms in total. The fourth-order valence-corrected chi connectivity index (χ4v) is 2.64. The molecular formula is C18H26N2O3. The summed E-state index contributed by atoms with van der Waals surface area (Å²) in [6.45, 7) is 6.00. The van der Waals surface area contributed by atoms with Crippen LogP contribution in [0, 0.1) is 11.3 Å². The van der Waals surface area contributed by atoms with E-state index in [0.29, 0.717) is 17.8 Å². The van der Waals surface area contributed by atoms with Crippen molar-refractivity contribution in [2.75, 3.05) is 11.9 Å². The maximum absolute atomic E-state index is 12.2. The molecule has 0 spiro atoms. The smallest absolute Gasteiger partial charge is 0.251 e. The van der Waals surface area contributed by atoms with E-state index in [1.165, 1.54) is 0 Å². The first-order chi connectivity index (χ1) is 10.8. The SMILES string of the molecule is CC(C)(C)C(=O)Nc1cccc(C(=O)NCC2CCCC2O)c1. The molecule has 126 valence electrons. The lowest BCUT2D eigenvalue weighted by atomic mass is 9.95. The van der Waals surface area contributed by atoms with Crippen LogP contribution in [0.15, 0.2) is 24.3 Å². The van der Waals surface area contributed by atoms with Crippen LogP contribution >= 0.6 is 0 Å². The Morgan fingerprint density at radius 1 is 1.26 bits per heavy atom. The summed E-state index contributed by atoms with van der Waals surface area (Å²) in [5.41, 5.74) is 0.624. The van der Waals surface area contributed by atoms with E-state index in [1.54, 1.807) is 24.3 Å². The van der Waals surface area contributed by atoms with Gasteiger partial charge in [-0.25, -0.2) is 0 Å². The summed E-state index contributed by atoms with van der Waals surface area (Å²) >= 11 is 0. The van der Waals surface area contributed by atoms with E-state index >= 15 is 0 Å². The zero-order valence-electron chi connectivity index (χ0n) is 14.1. The number of nitrogens with one attached hydrogen (secondary N) is 2. The van der Waals surface area contributed by atoms with Crippen molar-refractivity contribution in [3.05, 3.63) is 29.8 Å². The van der Waals surface area contributed by atoms with Crippen LogP contribution in [0.1, 0.15) is 50.4 Å². The van der Waals surface area contributed by atoms with Gasteiger partial charge in [0.2, 0.25) is 5.91 Å². The van der Waals surface area contributed by atoms with Gasteiger partial charge in [-0.3, -0.25) is 9.59 Å². The minimum atomic E-state index is -0.489. The first-order valence-corrected chi connectivity index (χ1v) is 8.15. The second-order valence-corrected chi connectivity index (χ2v) is 7.25. The van der Waals surface area contributed by atoms with E-state index in [2.05, 4.69) is 10.6 Å². The Hall–Kier alpha value is -1.88. The summed E-state index contributed by atoms with van der Waals surface area (Å²) in [7, 11) is 0. The number of carbonyl (C=O) groups excluding carboxylic acids is 2. The Bertz CT molecular complexity index is 578. The third-order valence-electron chi connectivity index (χ3n) is 4.21. The lowest BCUT2D eigenvalue weighted by molar-refractivity contribution is -0.123. The molecule has 0 bridgehead atoms. The van der Waals surface area contributed by atoms with Crippen molar-refractivity contribution in [2.24, 2.45) is 11.3 Å². The molecule has 0 heterocycles. The molecule has 1 aliphatic carbocycles. The number of amides is 2. The highest BCUT2D eigenvalue weighted by atomic mass is 16.3. The number of rotatable bonds is 4. The highest BCUT2D eigenvalue weighted by Crippen LogP contribution is 2.24. The molecule has 2 unspecified atom stereocenters. The van der Waals surface area contributed by atoms with Crippen LogP contribution in [-0.4, -0.2) is 29.6 Å². The lowest BCUT2D eigenvalue weighted by Gasteiger charge is -2.18. The van der Waals surface area contributed by atoms with E-state index < -0.39 is 5.41 Å². The Morgan fingerprint density at radius 3 is 2.61 bits per heavy atom. The third-order valence-corrected chi connectivity index (χ3v) is 4.21. The summed E-state index contributed by atoms with van der Waals surface area (Å²) in [5, 5.41) is 15.5. The average Bonchev–Trinajstić information content (AvgIpc) is 2.89. The van der Waals surface area contributed by atoms with E-state index in [9.17, 15) is 14.7 Å². The molecule has 0 saturated heterocycles. The topological polar surface area (TPSA) is 78.4 Å². The molecule has 0 aliphatic heterocycles. The summed E-state index contributed by atoms with van der Waals surface area (Å²) in [5.74, 6) is -0.136. The molecule has 1 aromatic rings. The van der Waals surface area contributed by atoms with Gasteiger partial charge in [-0.15, -0.1) is 0 Å². The molecule has 3 N–H and O–H groups in total. The van der Waals surface area contributed by atoms with Crippen molar-refractivity contribution in [1.29, 1.82) is 0 Å². The predicted molar refractivity (Wildman–Crippen MR) is 90.2 cm³/mol. The Labute approximate surface area is 137 Å². The maximum atomic E-state index is 12.2. The largest absolute Gasteiger partial charge is 0.393 e. The van der Waals surface area contributed by atoms with Crippen molar-refractivity contribution in [1.82, 2.24) is 5.32 Å². The van der Waals surface area contributed by atoms with Crippen LogP contribution < -0.4 is 10.6 Å². The summed E-state index contributed by atoms with van der Waals surface area (Å²) in [4.78, 5) is 24.2. The molecule has 1 saturated carbocycles. The van der Waals surface area contributed by atoms with Gasteiger partial charge in [0.25, 0.3) is 5.91 Å². The molecule has 2 amide bonds. The number of anilines is 1. The van der Waals surface area contributed by atoms with E-state index in [1.807, 2.05) is 20.8 Å². The number of hydrogen-bond acceptors (Lipinski definition) is 3. The van der Waals surface area contributed by atoms with E-state index in [-0.39, 0.29) is 23.8 Å². The van der Waals surface area contributed by atoms with Gasteiger partial charge in [0.15, 0.2) is 0 Å². The number of aliphatic hydroxyl groups excluding tert-OH is 1. The summed E-state index contributed by atoms with van der Waals surface area (Å²) in [6, 6.07) is 6.90. The van der Waals surface area contributed by atoms with Gasteiger partial charge in [0, 0.05) is 29.1 Å². The summed E-state index contributed by atoms with van der Waals surface area (Å²) < 4.78 is 0.